The fraction of sp³-hybridized carbons (Fsp3) is 0.800. The Bertz CT molecular complexity index is 341. The van der Waals surface area contributed by atoms with Crippen molar-refractivity contribution in [2.45, 2.75) is 71.5 Å². The molecule has 1 N–H and O–H groups in total. The van der Waals surface area contributed by atoms with Crippen LogP contribution in [0.15, 0.2) is 12.3 Å². The Kier molecular flexibility index (Phi) is 5.24. The zero-order chi connectivity index (χ0) is 12.8. The fourth-order valence-electron chi connectivity index (χ4n) is 2.37. The molecular formula is C15H27N3. The van der Waals surface area contributed by atoms with Gasteiger partial charge in [0.15, 0.2) is 0 Å². The minimum absolute atomic E-state index is 0.774. The quantitative estimate of drug-likeness (QED) is 0.727. The fourth-order valence-corrected chi connectivity index (χ4v) is 2.37. The van der Waals surface area contributed by atoms with Crippen LogP contribution < -0.4 is 5.32 Å². The molecule has 0 spiro atoms. The van der Waals surface area contributed by atoms with Crippen molar-refractivity contribution in [2.24, 2.45) is 5.92 Å². The molecule has 3 nitrogen and oxygen atoms in total. The van der Waals surface area contributed by atoms with Crippen LogP contribution in [0.4, 0.5) is 0 Å². The van der Waals surface area contributed by atoms with Gasteiger partial charge in [-0.2, -0.15) is 5.10 Å². The third kappa shape index (κ3) is 4.13. The second kappa shape index (κ2) is 6.93. The Hall–Kier alpha value is -0.830. The second-order valence-corrected chi connectivity index (χ2v) is 5.58. The van der Waals surface area contributed by atoms with Gasteiger partial charge in [0.2, 0.25) is 0 Å². The molecule has 0 amide bonds. The first-order valence-electron chi connectivity index (χ1n) is 7.57. The van der Waals surface area contributed by atoms with Crippen molar-refractivity contribution in [3.8, 4) is 0 Å². The second-order valence-electron chi connectivity index (χ2n) is 5.58. The van der Waals surface area contributed by atoms with E-state index in [1.807, 2.05) is 6.20 Å². The summed E-state index contributed by atoms with van der Waals surface area (Å²) in [6.07, 6.45) is 9.87. The summed E-state index contributed by atoms with van der Waals surface area (Å²) in [5.41, 5.74) is 1.34. The van der Waals surface area contributed by atoms with Gasteiger partial charge >= 0.3 is 0 Å². The Balaban J connectivity index is 1.84. The van der Waals surface area contributed by atoms with Crippen LogP contribution in [0, 0.1) is 5.92 Å². The van der Waals surface area contributed by atoms with Gasteiger partial charge < -0.3 is 5.32 Å². The van der Waals surface area contributed by atoms with E-state index in [1.54, 1.807) is 0 Å². The maximum Gasteiger partial charge on any atom is 0.0522 e. The summed E-state index contributed by atoms with van der Waals surface area (Å²) in [7, 11) is 0. The van der Waals surface area contributed by atoms with Gasteiger partial charge in [0.1, 0.15) is 0 Å². The van der Waals surface area contributed by atoms with Crippen molar-refractivity contribution in [3.05, 3.63) is 18.0 Å². The maximum absolute atomic E-state index is 4.49. The summed E-state index contributed by atoms with van der Waals surface area (Å²) in [6.45, 7) is 6.64. The van der Waals surface area contributed by atoms with Crippen molar-refractivity contribution in [1.29, 1.82) is 0 Å². The Morgan fingerprint density at radius 1 is 1.44 bits per heavy atom. The highest BCUT2D eigenvalue weighted by atomic mass is 15.3. The van der Waals surface area contributed by atoms with E-state index in [0.29, 0.717) is 0 Å². The average Bonchev–Trinajstić information content (AvgIpc) is 3.12. The van der Waals surface area contributed by atoms with Crippen LogP contribution in [0.1, 0.15) is 58.1 Å². The topological polar surface area (TPSA) is 29.9 Å². The first kappa shape index (κ1) is 13.6. The molecule has 1 aromatic heterocycles. The zero-order valence-corrected chi connectivity index (χ0v) is 11.9. The molecule has 0 bridgehead atoms. The highest BCUT2D eigenvalue weighted by Crippen LogP contribution is 2.20. The number of aromatic nitrogens is 2. The first-order valence-corrected chi connectivity index (χ1v) is 7.57. The van der Waals surface area contributed by atoms with Crippen LogP contribution in [0.5, 0.6) is 0 Å². The van der Waals surface area contributed by atoms with Crippen molar-refractivity contribution >= 4 is 0 Å². The Morgan fingerprint density at radius 3 is 2.94 bits per heavy atom. The van der Waals surface area contributed by atoms with Crippen molar-refractivity contribution < 1.29 is 0 Å². The summed E-state index contributed by atoms with van der Waals surface area (Å²) < 4.78 is 2.21. The molecule has 2 rings (SSSR count). The highest BCUT2D eigenvalue weighted by molar-refractivity contribution is 5.01. The molecule has 0 aromatic carbocycles. The van der Waals surface area contributed by atoms with E-state index < -0.39 is 0 Å². The summed E-state index contributed by atoms with van der Waals surface area (Å²) >= 11 is 0. The van der Waals surface area contributed by atoms with Gasteiger partial charge in [-0.25, -0.2) is 0 Å². The summed E-state index contributed by atoms with van der Waals surface area (Å²) in [6, 6.07) is 2.93. The number of rotatable bonds is 9. The van der Waals surface area contributed by atoms with Gasteiger partial charge in [-0.15, -0.1) is 0 Å². The van der Waals surface area contributed by atoms with Crippen LogP contribution in [-0.4, -0.2) is 15.8 Å². The van der Waals surface area contributed by atoms with Crippen LogP contribution in [0.3, 0.4) is 0 Å². The van der Waals surface area contributed by atoms with Gasteiger partial charge in [0, 0.05) is 25.3 Å². The molecule has 1 atom stereocenters. The van der Waals surface area contributed by atoms with E-state index >= 15 is 0 Å². The molecule has 0 aliphatic heterocycles. The molecule has 0 radical (unpaired) electrons. The van der Waals surface area contributed by atoms with Gasteiger partial charge in [-0.3, -0.25) is 4.68 Å². The monoisotopic (exact) mass is 249 g/mol. The molecule has 0 saturated heterocycles. The third-order valence-corrected chi connectivity index (χ3v) is 3.93. The maximum atomic E-state index is 4.49. The van der Waals surface area contributed by atoms with Gasteiger partial charge in [0.25, 0.3) is 0 Å². The normalized spacial score (nSPS) is 17.0. The predicted molar refractivity (Wildman–Crippen MR) is 75.4 cm³/mol. The van der Waals surface area contributed by atoms with Crippen molar-refractivity contribution in [1.82, 2.24) is 15.1 Å². The number of unbranched alkanes of at least 4 members (excludes halogenated alkanes) is 1. The van der Waals surface area contributed by atoms with Crippen molar-refractivity contribution in [3.63, 3.8) is 0 Å². The molecule has 1 saturated carbocycles. The van der Waals surface area contributed by atoms with E-state index in [4.69, 9.17) is 0 Å². The SMILES string of the molecule is CCCCC(CC)Cn1nccc1CNC1CC1. The summed E-state index contributed by atoms with van der Waals surface area (Å²) in [4.78, 5) is 0. The van der Waals surface area contributed by atoms with E-state index in [0.717, 1.165) is 25.0 Å². The molecule has 1 aliphatic carbocycles. The number of nitrogens with one attached hydrogen (secondary N) is 1. The Morgan fingerprint density at radius 2 is 2.28 bits per heavy atom. The van der Waals surface area contributed by atoms with Crippen LogP contribution in [0.25, 0.3) is 0 Å². The zero-order valence-electron chi connectivity index (χ0n) is 11.9. The lowest BCUT2D eigenvalue weighted by Gasteiger charge is -2.16. The molecule has 102 valence electrons. The molecule has 1 aromatic rings. The smallest absolute Gasteiger partial charge is 0.0522 e. The molecule has 1 fully saturated rings. The minimum Gasteiger partial charge on any atom is -0.308 e. The summed E-state index contributed by atoms with van der Waals surface area (Å²) in [5, 5.41) is 8.06. The lowest BCUT2D eigenvalue weighted by molar-refractivity contribution is 0.364. The van der Waals surface area contributed by atoms with Gasteiger partial charge in [-0.05, 0) is 31.2 Å². The van der Waals surface area contributed by atoms with Crippen LogP contribution in [0.2, 0.25) is 0 Å². The molecule has 1 unspecified atom stereocenters. The Labute approximate surface area is 111 Å². The number of hydrogen-bond acceptors (Lipinski definition) is 2. The highest BCUT2D eigenvalue weighted by Gasteiger charge is 2.20. The third-order valence-electron chi connectivity index (χ3n) is 3.93. The summed E-state index contributed by atoms with van der Waals surface area (Å²) in [5.74, 6) is 0.782. The van der Waals surface area contributed by atoms with Crippen LogP contribution >= 0.6 is 0 Å². The lowest BCUT2D eigenvalue weighted by atomic mass is 9.99. The predicted octanol–water partition coefficient (Wildman–Crippen LogP) is 3.35. The lowest BCUT2D eigenvalue weighted by Crippen LogP contribution is -2.20. The first-order chi connectivity index (χ1) is 8.83. The molecule has 1 heterocycles. The van der Waals surface area contributed by atoms with Gasteiger partial charge in [-0.1, -0.05) is 33.1 Å². The number of nitrogens with zero attached hydrogens (tertiary/aromatic N) is 2. The molecule has 1 aliphatic rings. The van der Waals surface area contributed by atoms with E-state index in [9.17, 15) is 0 Å². The van der Waals surface area contributed by atoms with Crippen LogP contribution in [-0.2, 0) is 13.1 Å². The minimum atomic E-state index is 0.774. The average molecular weight is 249 g/mol. The van der Waals surface area contributed by atoms with E-state index in [2.05, 4.69) is 35.0 Å². The standard InChI is InChI=1S/C15H27N3/c1-3-5-6-13(4-2)12-18-15(9-10-17-18)11-16-14-7-8-14/h9-10,13-14,16H,3-8,11-12H2,1-2H3. The molecule has 18 heavy (non-hydrogen) atoms. The van der Waals surface area contributed by atoms with Crippen molar-refractivity contribution in [2.75, 3.05) is 0 Å². The molecule has 3 heteroatoms. The van der Waals surface area contributed by atoms with E-state index in [-0.39, 0.29) is 0 Å². The van der Waals surface area contributed by atoms with Gasteiger partial charge in [0.05, 0.1) is 5.69 Å². The number of hydrogen-bond donors (Lipinski definition) is 1. The molecular weight excluding hydrogens is 222 g/mol. The van der Waals surface area contributed by atoms with E-state index in [1.165, 1.54) is 44.2 Å². The largest absolute Gasteiger partial charge is 0.308 e.